The molecule has 122 valence electrons. The molecular formula is C19H21FO3. The molecule has 4 heteroatoms. The van der Waals surface area contributed by atoms with Gasteiger partial charge in [0.15, 0.2) is 0 Å². The lowest BCUT2D eigenvalue weighted by Crippen LogP contribution is -2.10. The molecule has 0 saturated carbocycles. The van der Waals surface area contributed by atoms with Crippen LogP contribution in [0.1, 0.15) is 37.0 Å². The summed E-state index contributed by atoms with van der Waals surface area (Å²) in [5, 5.41) is 0. The summed E-state index contributed by atoms with van der Waals surface area (Å²) >= 11 is 0. The maximum absolute atomic E-state index is 14.1. The Morgan fingerprint density at radius 3 is 2.61 bits per heavy atom. The Morgan fingerprint density at radius 2 is 1.91 bits per heavy atom. The number of hydrogen-bond donors (Lipinski definition) is 0. The summed E-state index contributed by atoms with van der Waals surface area (Å²) in [6, 6.07) is 10.3. The fraction of sp³-hybridized carbons (Fsp3) is 0.316. The summed E-state index contributed by atoms with van der Waals surface area (Å²) in [5.41, 5.74) is 2.46. The second-order valence-electron chi connectivity index (χ2n) is 5.30. The molecule has 0 unspecified atom stereocenters. The molecule has 23 heavy (non-hydrogen) atoms. The van der Waals surface area contributed by atoms with Gasteiger partial charge in [0.25, 0.3) is 0 Å². The average molecular weight is 316 g/mol. The van der Waals surface area contributed by atoms with E-state index in [1.807, 2.05) is 26.0 Å². The molecule has 0 aliphatic heterocycles. The van der Waals surface area contributed by atoms with E-state index in [1.165, 1.54) is 12.1 Å². The highest BCUT2D eigenvalue weighted by atomic mass is 19.1. The van der Waals surface area contributed by atoms with Crippen LogP contribution in [-0.4, -0.2) is 5.97 Å². The van der Waals surface area contributed by atoms with Crippen molar-refractivity contribution in [2.24, 2.45) is 0 Å². The van der Waals surface area contributed by atoms with E-state index < -0.39 is 11.8 Å². The number of hydrogen-bond acceptors (Lipinski definition) is 3. The average Bonchev–Trinajstić information content (AvgIpc) is 2.55. The molecule has 0 atom stereocenters. The molecule has 0 fully saturated rings. The zero-order valence-electron chi connectivity index (χ0n) is 13.7. The summed E-state index contributed by atoms with van der Waals surface area (Å²) in [6.45, 7) is 5.76. The molecule has 2 rings (SSSR count). The van der Waals surface area contributed by atoms with Gasteiger partial charge in [0, 0.05) is 6.42 Å². The van der Waals surface area contributed by atoms with Crippen LogP contribution < -0.4 is 9.47 Å². The molecule has 0 spiro atoms. The molecule has 0 radical (unpaired) electrons. The number of ether oxygens (including phenoxy) is 2. The Hall–Kier alpha value is -2.36. The van der Waals surface area contributed by atoms with Crippen LogP contribution in [-0.2, 0) is 17.8 Å². The van der Waals surface area contributed by atoms with Crippen LogP contribution in [0.3, 0.4) is 0 Å². The predicted molar refractivity (Wildman–Crippen MR) is 87.2 cm³/mol. The van der Waals surface area contributed by atoms with Gasteiger partial charge in [0.05, 0.1) is 5.56 Å². The number of halogens is 1. The summed E-state index contributed by atoms with van der Waals surface area (Å²) in [6.07, 6.45) is 1.06. The van der Waals surface area contributed by atoms with Gasteiger partial charge in [-0.2, -0.15) is 0 Å². The third-order valence-electron chi connectivity index (χ3n) is 3.56. The van der Waals surface area contributed by atoms with E-state index in [2.05, 4.69) is 6.07 Å². The van der Waals surface area contributed by atoms with Crippen LogP contribution in [0.25, 0.3) is 0 Å². The Bertz CT molecular complexity index is 695. The van der Waals surface area contributed by atoms with Gasteiger partial charge >= 0.3 is 5.97 Å². The van der Waals surface area contributed by atoms with Gasteiger partial charge in [-0.1, -0.05) is 37.6 Å². The maximum Gasteiger partial charge on any atom is 0.310 e. The summed E-state index contributed by atoms with van der Waals surface area (Å²) < 4.78 is 25.0. The van der Waals surface area contributed by atoms with Crippen molar-refractivity contribution in [2.45, 2.75) is 40.2 Å². The highest BCUT2D eigenvalue weighted by molar-refractivity contribution is 5.72. The Kier molecular flexibility index (Phi) is 5.74. The SMILES string of the molecule is CCC(=O)Oc1cccc(F)c1COc1ccc(C)cc1CC. The van der Waals surface area contributed by atoms with Gasteiger partial charge < -0.3 is 9.47 Å². The normalized spacial score (nSPS) is 10.4. The first-order valence-electron chi connectivity index (χ1n) is 7.75. The van der Waals surface area contributed by atoms with E-state index in [1.54, 1.807) is 13.0 Å². The van der Waals surface area contributed by atoms with E-state index >= 15 is 0 Å². The third kappa shape index (κ3) is 4.31. The highest BCUT2D eigenvalue weighted by Crippen LogP contribution is 2.26. The quantitative estimate of drug-likeness (QED) is 0.577. The molecule has 2 aromatic rings. The number of benzene rings is 2. The van der Waals surface area contributed by atoms with E-state index in [9.17, 15) is 9.18 Å². The van der Waals surface area contributed by atoms with Crippen LogP contribution in [0.5, 0.6) is 11.5 Å². The van der Waals surface area contributed by atoms with Crippen molar-refractivity contribution in [3.63, 3.8) is 0 Å². The van der Waals surface area contributed by atoms with E-state index in [0.717, 1.165) is 17.5 Å². The summed E-state index contributed by atoms with van der Waals surface area (Å²) in [5.74, 6) is 0.0779. The van der Waals surface area contributed by atoms with E-state index in [4.69, 9.17) is 9.47 Å². The molecule has 0 aliphatic carbocycles. The Morgan fingerprint density at radius 1 is 1.13 bits per heavy atom. The molecule has 3 nitrogen and oxygen atoms in total. The van der Waals surface area contributed by atoms with Crippen molar-refractivity contribution in [2.75, 3.05) is 0 Å². The molecule has 2 aromatic carbocycles. The number of carbonyl (C=O) groups is 1. The van der Waals surface area contributed by atoms with Gasteiger partial charge in [-0.15, -0.1) is 0 Å². The van der Waals surface area contributed by atoms with Crippen molar-refractivity contribution in [3.8, 4) is 11.5 Å². The van der Waals surface area contributed by atoms with Crippen LogP contribution in [0.4, 0.5) is 4.39 Å². The van der Waals surface area contributed by atoms with Gasteiger partial charge in [0.1, 0.15) is 23.9 Å². The van der Waals surface area contributed by atoms with Crippen molar-refractivity contribution in [1.29, 1.82) is 0 Å². The third-order valence-corrected chi connectivity index (χ3v) is 3.56. The molecule has 0 heterocycles. The predicted octanol–water partition coefficient (Wildman–Crippen LogP) is 4.59. The van der Waals surface area contributed by atoms with Gasteiger partial charge in [-0.25, -0.2) is 4.39 Å². The first-order valence-corrected chi connectivity index (χ1v) is 7.75. The monoisotopic (exact) mass is 316 g/mol. The second kappa shape index (κ2) is 7.77. The van der Waals surface area contributed by atoms with Crippen LogP contribution in [0.15, 0.2) is 36.4 Å². The Balaban J connectivity index is 2.22. The lowest BCUT2D eigenvalue weighted by molar-refractivity contribution is -0.134. The van der Waals surface area contributed by atoms with Crippen molar-refractivity contribution in [3.05, 3.63) is 58.9 Å². The lowest BCUT2D eigenvalue weighted by atomic mass is 10.1. The first kappa shape index (κ1) is 17.0. The van der Waals surface area contributed by atoms with Gasteiger partial charge in [-0.05, 0) is 37.1 Å². The smallest absolute Gasteiger partial charge is 0.310 e. The fourth-order valence-corrected chi connectivity index (χ4v) is 2.24. The zero-order chi connectivity index (χ0) is 16.8. The van der Waals surface area contributed by atoms with Crippen LogP contribution >= 0.6 is 0 Å². The largest absolute Gasteiger partial charge is 0.488 e. The van der Waals surface area contributed by atoms with Gasteiger partial charge in [-0.3, -0.25) is 4.79 Å². The lowest BCUT2D eigenvalue weighted by Gasteiger charge is -2.14. The molecule has 0 aliphatic rings. The van der Waals surface area contributed by atoms with Crippen molar-refractivity contribution >= 4 is 5.97 Å². The molecular weight excluding hydrogens is 295 g/mol. The molecule has 0 saturated heterocycles. The van der Waals surface area contributed by atoms with Crippen molar-refractivity contribution < 1.29 is 18.7 Å². The number of esters is 1. The van der Waals surface area contributed by atoms with Gasteiger partial charge in [0.2, 0.25) is 0 Å². The Labute approximate surface area is 136 Å². The number of rotatable bonds is 6. The molecule has 0 amide bonds. The topological polar surface area (TPSA) is 35.5 Å². The minimum Gasteiger partial charge on any atom is -0.488 e. The number of carbonyl (C=O) groups excluding carboxylic acids is 1. The highest BCUT2D eigenvalue weighted by Gasteiger charge is 2.14. The van der Waals surface area contributed by atoms with Crippen molar-refractivity contribution in [1.82, 2.24) is 0 Å². The molecule has 0 aromatic heterocycles. The van der Waals surface area contributed by atoms with E-state index in [0.29, 0.717) is 5.75 Å². The maximum atomic E-state index is 14.1. The first-order chi connectivity index (χ1) is 11.0. The zero-order valence-corrected chi connectivity index (χ0v) is 13.7. The second-order valence-corrected chi connectivity index (χ2v) is 5.30. The summed E-state index contributed by atoms with van der Waals surface area (Å²) in [4.78, 5) is 11.5. The minimum absolute atomic E-state index is 0.00899. The van der Waals surface area contributed by atoms with E-state index in [-0.39, 0.29) is 24.3 Å². The number of aryl methyl sites for hydroxylation is 2. The molecule has 0 N–H and O–H groups in total. The van der Waals surface area contributed by atoms with Crippen LogP contribution in [0.2, 0.25) is 0 Å². The standard InChI is InChI=1S/C19H21FO3/c1-4-14-11-13(3)9-10-17(14)22-12-15-16(20)7-6-8-18(15)23-19(21)5-2/h6-11H,4-5,12H2,1-3H3. The van der Waals surface area contributed by atoms with Crippen LogP contribution in [0, 0.1) is 12.7 Å². The summed E-state index contributed by atoms with van der Waals surface area (Å²) in [7, 11) is 0. The minimum atomic E-state index is -0.448. The molecule has 0 bridgehead atoms. The fourth-order valence-electron chi connectivity index (χ4n) is 2.24.